The van der Waals surface area contributed by atoms with Crippen molar-refractivity contribution in [3.8, 4) is 6.07 Å². The zero-order chi connectivity index (χ0) is 18.7. The van der Waals surface area contributed by atoms with Gasteiger partial charge in [-0.1, -0.05) is 12.1 Å². The Labute approximate surface area is 148 Å². The third-order valence-corrected chi connectivity index (χ3v) is 3.81. The predicted octanol–water partition coefficient (Wildman–Crippen LogP) is 2.73. The number of nitrogens with two attached hydrogens (primary N) is 1. The number of aromatic nitrogens is 1. The van der Waals surface area contributed by atoms with Gasteiger partial charge in [0.1, 0.15) is 5.82 Å². The van der Waals surface area contributed by atoms with Crippen molar-refractivity contribution < 1.29 is 9.72 Å². The average molecular weight is 347 g/mol. The van der Waals surface area contributed by atoms with Crippen LogP contribution in [0.5, 0.6) is 0 Å². The summed E-state index contributed by atoms with van der Waals surface area (Å²) in [6, 6.07) is 14.6. The number of benzene rings is 2. The number of anilines is 1. The summed E-state index contributed by atoms with van der Waals surface area (Å²) in [6.07, 6.45) is 0. The number of pyridine rings is 1. The third-order valence-electron chi connectivity index (χ3n) is 3.81. The van der Waals surface area contributed by atoms with Gasteiger partial charge >= 0.3 is 0 Å². The number of carbonyl (C=O) groups is 1. The summed E-state index contributed by atoms with van der Waals surface area (Å²) in [5.74, 6) is -0.0589. The molecule has 0 aliphatic heterocycles. The molecule has 1 amide bonds. The Kier molecular flexibility index (Phi) is 4.45. The standard InChI is InChI=1S/C18H13N5O3/c19-9-13-7-17(21-10-11-2-1-3-12(6-11)18(20)24)22-16-5-4-14(23(25)26)8-15(13)16/h1-8H,10H2,(H2,20,24)(H,21,22). The largest absolute Gasteiger partial charge is 0.366 e. The van der Waals surface area contributed by atoms with E-state index in [9.17, 15) is 20.2 Å². The van der Waals surface area contributed by atoms with Gasteiger partial charge in [0.2, 0.25) is 5.91 Å². The number of hydrogen-bond donors (Lipinski definition) is 2. The number of primary amides is 1. The quantitative estimate of drug-likeness (QED) is 0.538. The first-order valence-electron chi connectivity index (χ1n) is 7.60. The van der Waals surface area contributed by atoms with Crippen LogP contribution in [-0.2, 0) is 6.54 Å². The van der Waals surface area contributed by atoms with E-state index in [2.05, 4.69) is 10.3 Å². The molecule has 0 saturated heterocycles. The molecule has 8 nitrogen and oxygen atoms in total. The Morgan fingerprint density at radius 2 is 2.08 bits per heavy atom. The van der Waals surface area contributed by atoms with Crippen LogP contribution in [0.2, 0.25) is 0 Å². The monoisotopic (exact) mass is 347 g/mol. The van der Waals surface area contributed by atoms with E-state index >= 15 is 0 Å². The molecule has 0 atom stereocenters. The summed E-state index contributed by atoms with van der Waals surface area (Å²) in [5, 5.41) is 23.8. The Morgan fingerprint density at radius 1 is 1.27 bits per heavy atom. The van der Waals surface area contributed by atoms with Crippen LogP contribution in [0.15, 0.2) is 48.5 Å². The van der Waals surface area contributed by atoms with Gasteiger partial charge in [-0.25, -0.2) is 4.98 Å². The Balaban J connectivity index is 1.90. The Bertz CT molecular complexity index is 1070. The second kappa shape index (κ2) is 6.86. The van der Waals surface area contributed by atoms with Gasteiger partial charge in [0.15, 0.2) is 0 Å². The summed E-state index contributed by atoms with van der Waals surface area (Å²) < 4.78 is 0. The molecule has 3 rings (SSSR count). The minimum Gasteiger partial charge on any atom is -0.366 e. The first-order chi connectivity index (χ1) is 12.5. The maximum absolute atomic E-state index is 11.2. The minimum absolute atomic E-state index is 0.0974. The van der Waals surface area contributed by atoms with Crippen LogP contribution in [0.3, 0.4) is 0 Å². The van der Waals surface area contributed by atoms with Gasteiger partial charge in [-0.05, 0) is 29.8 Å². The smallest absolute Gasteiger partial charge is 0.270 e. The van der Waals surface area contributed by atoms with Gasteiger partial charge in [-0.15, -0.1) is 0 Å². The number of amides is 1. The van der Waals surface area contributed by atoms with Gasteiger partial charge in [0, 0.05) is 29.6 Å². The zero-order valence-corrected chi connectivity index (χ0v) is 13.5. The lowest BCUT2D eigenvalue weighted by Crippen LogP contribution is -2.11. The van der Waals surface area contributed by atoms with Crippen LogP contribution in [-0.4, -0.2) is 15.8 Å². The van der Waals surface area contributed by atoms with Gasteiger partial charge in [0.05, 0.1) is 22.1 Å². The molecule has 0 aliphatic carbocycles. The van der Waals surface area contributed by atoms with Crippen LogP contribution in [0.4, 0.5) is 11.5 Å². The lowest BCUT2D eigenvalue weighted by atomic mass is 10.1. The molecule has 8 heteroatoms. The zero-order valence-electron chi connectivity index (χ0n) is 13.5. The Hall–Kier alpha value is -3.99. The highest BCUT2D eigenvalue weighted by molar-refractivity contribution is 5.93. The number of nitro benzene ring substituents is 1. The molecule has 1 aromatic heterocycles. The number of nitro groups is 1. The van der Waals surface area contributed by atoms with Crippen molar-refractivity contribution in [2.45, 2.75) is 6.54 Å². The number of carbonyl (C=O) groups excluding carboxylic acids is 1. The van der Waals surface area contributed by atoms with Crippen molar-refractivity contribution in [1.29, 1.82) is 5.26 Å². The van der Waals surface area contributed by atoms with E-state index in [-0.39, 0.29) is 11.3 Å². The van der Waals surface area contributed by atoms with Crippen molar-refractivity contribution >= 4 is 28.3 Å². The summed E-state index contributed by atoms with van der Waals surface area (Å²) in [4.78, 5) is 26.0. The van der Waals surface area contributed by atoms with E-state index in [4.69, 9.17) is 5.73 Å². The van der Waals surface area contributed by atoms with Crippen LogP contribution in [0.1, 0.15) is 21.5 Å². The van der Waals surface area contributed by atoms with Crippen molar-refractivity contribution in [3.05, 3.63) is 75.3 Å². The minimum atomic E-state index is -0.515. The number of nitriles is 1. The molecule has 26 heavy (non-hydrogen) atoms. The summed E-state index contributed by atoms with van der Waals surface area (Å²) in [6.45, 7) is 0.372. The van der Waals surface area contributed by atoms with E-state index < -0.39 is 10.8 Å². The molecule has 0 aliphatic rings. The first kappa shape index (κ1) is 16.9. The van der Waals surface area contributed by atoms with Gasteiger partial charge in [0.25, 0.3) is 5.69 Å². The summed E-state index contributed by atoms with van der Waals surface area (Å²) >= 11 is 0. The normalized spacial score (nSPS) is 10.3. The lowest BCUT2D eigenvalue weighted by Gasteiger charge is -2.09. The fraction of sp³-hybridized carbons (Fsp3) is 0.0556. The number of nitrogens with zero attached hydrogens (tertiary/aromatic N) is 3. The molecule has 3 N–H and O–H groups in total. The molecule has 128 valence electrons. The van der Waals surface area contributed by atoms with E-state index in [1.54, 1.807) is 18.2 Å². The number of non-ortho nitro benzene ring substituents is 1. The maximum atomic E-state index is 11.2. The number of rotatable bonds is 5. The van der Waals surface area contributed by atoms with E-state index in [0.29, 0.717) is 28.8 Å². The second-order valence-electron chi connectivity index (χ2n) is 5.54. The SMILES string of the molecule is N#Cc1cc(NCc2cccc(C(N)=O)c2)nc2ccc([N+](=O)[O-])cc12. The highest BCUT2D eigenvalue weighted by Crippen LogP contribution is 2.25. The number of fused-ring (bicyclic) bond motifs is 1. The molecule has 0 radical (unpaired) electrons. The highest BCUT2D eigenvalue weighted by Gasteiger charge is 2.11. The van der Waals surface area contributed by atoms with Crippen LogP contribution >= 0.6 is 0 Å². The van der Waals surface area contributed by atoms with Crippen molar-refractivity contribution in [2.24, 2.45) is 5.73 Å². The number of hydrogen-bond acceptors (Lipinski definition) is 6. The van der Waals surface area contributed by atoms with Gasteiger partial charge < -0.3 is 11.1 Å². The molecule has 0 spiro atoms. The average Bonchev–Trinajstić information content (AvgIpc) is 2.65. The Morgan fingerprint density at radius 3 is 2.77 bits per heavy atom. The topological polar surface area (TPSA) is 135 Å². The van der Waals surface area contributed by atoms with Crippen molar-refractivity contribution in [1.82, 2.24) is 4.98 Å². The fourth-order valence-corrected chi connectivity index (χ4v) is 2.54. The maximum Gasteiger partial charge on any atom is 0.270 e. The fourth-order valence-electron chi connectivity index (χ4n) is 2.54. The molecule has 3 aromatic rings. The van der Waals surface area contributed by atoms with Crippen molar-refractivity contribution in [3.63, 3.8) is 0 Å². The van der Waals surface area contributed by atoms with Gasteiger partial charge in [-0.3, -0.25) is 14.9 Å². The highest BCUT2D eigenvalue weighted by atomic mass is 16.6. The molecule has 1 heterocycles. The van der Waals surface area contributed by atoms with E-state index in [0.717, 1.165) is 5.56 Å². The van der Waals surface area contributed by atoms with Gasteiger partial charge in [-0.2, -0.15) is 5.26 Å². The second-order valence-corrected chi connectivity index (χ2v) is 5.54. The van der Waals surface area contributed by atoms with Crippen molar-refractivity contribution in [2.75, 3.05) is 5.32 Å². The number of nitrogens with one attached hydrogen (secondary N) is 1. The van der Waals surface area contributed by atoms with Crippen LogP contribution in [0.25, 0.3) is 10.9 Å². The van der Waals surface area contributed by atoms with Crippen LogP contribution in [0, 0.1) is 21.4 Å². The molecule has 2 aromatic carbocycles. The molecule has 0 unspecified atom stereocenters. The summed E-state index contributed by atoms with van der Waals surface area (Å²) in [5.41, 5.74) is 7.16. The molecular formula is C18H13N5O3. The first-order valence-corrected chi connectivity index (χ1v) is 7.60. The molecule has 0 bridgehead atoms. The molecule has 0 fully saturated rings. The molecule has 0 saturated carbocycles. The third kappa shape index (κ3) is 3.42. The molecular weight excluding hydrogens is 334 g/mol. The summed E-state index contributed by atoms with van der Waals surface area (Å²) in [7, 11) is 0. The van der Waals surface area contributed by atoms with E-state index in [1.807, 2.05) is 12.1 Å². The lowest BCUT2D eigenvalue weighted by molar-refractivity contribution is -0.384. The van der Waals surface area contributed by atoms with Crippen LogP contribution < -0.4 is 11.1 Å². The predicted molar refractivity (Wildman–Crippen MR) is 95.4 cm³/mol. The van der Waals surface area contributed by atoms with E-state index in [1.165, 1.54) is 24.3 Å².